The molecule has 2 aromatic heterocycles. The SMILES string of the molecule is CC1CCCC(NC(=O)c2ccccc2Nc2ccc3c(/C=C/c4ccccn4)n[nH]c3c2)C1. The van der Waals surface area contributed by atoms with Crippen LogP contribution in [0.15, 0.2) is 66.9 Å². The number of rotatable bonds is 6. The normalized spacial score (nSPS) is 18.3. The molecule has 6 heteroatoms. The van der Waals surface area contributed by atoms with E-state index in [0.717, 1.165) is 46.5 Å². The molecular formula is C28H29N5O. The molecule has 2 atom stereocenters. The predicted molar refractivity (Wildman–Crippen MR) is 138 cm³/mol. The lowest BCUT2D eigenvalue weighted by molar-refractivity contribution is 0.0922. The van der Waals surface area contributed by atoms with Gasteiger partial charge in [0.15, 0.2) is 0 Å². The minimum absolute atomic E-state index is 0.0215. The van der Waals surface area contributed by atoms with Gasteiger partial charge in [0.1, 0.15) is 0 Å². The molecule has 1 fully saturated rings. The van der Waals surface area contributed by atoms with Crippen LogP contribution in [0.25, 0.3) is 23.1 Å². The number of fused-ring (bicyclic) bond motifs is 1. The minimum Gasteiger partial charge on any atom is -0.355 e. The highest BCUT2D eigenvalue weighted by Crippen LogP contribution is 2.27. The number of para-hydroxylation sites is 1. The number of aromatic amines is 1. The first-order valence-electron chi connectivity index (χ1n) is 11.9. The number of pyridine rings is 1. The second-order valence-electron chi connectivity index (χ2n) is 9.07. The summed E-state index contributed by atoms with van der Waals surface area (Å²) in [6.07, 6.45) is 10.2. The maximum Gasteiger partial charge on any atom is 0.253 e. The van der Waals surface area contributed by atoms with Gasteiger partial charge < -0.3 is 10.6 Å². The van der Waals surface area contributed by atoms with Crippen molar-refractivity contribution in [2.24, 2.45) is 5.92 Å². The van der Waals surface area contributed by atoms with Crippen LogP contribution in [0, 0.1) is 5.92 Å². The fourth-order valence-corrected chi connectivity index (χ4v) is 4.66. The fraction of sp³-hybridized carbons (Fsp3) is 0.250. The molecule has 172 valence electrons. The number of anilines is 2. The van der Waals surface area contributed by atoms with E-state index in [1.165, 1.54) is 12.8 Å². The first-order chi connectivity index (χ1) is 16.7. The van der Waals surface area contributed by atoms with Crippen molar-refractivity contribution in [2.75, 3.05) is 5.32 Å². The van der Waals surface area contributed by atoms with Gasteiger partial charge in [-0.1, -0.05) is 38.0 Å². The quantitative estimate of drug-likeness (QED) is 0.327. The average Bonchev–Trinajstić information content (AvgIpc) is 3.26. The van der Waals surface area contributed by atoms with Crippen molar-refractivity contribution in [3.05, 3.63) is 83.8 Å². The van der Waals surface area contributed by atoms with Crippen molar-refractivity contribution in [1.82, 2.24) is 20.5 Å². The maximum atomic E-state index is 13.1. The number of nitrogens with zero attached hydrogens (tertiary/aromatic N) is 2. The van der Waals surface area contributed by atoms with Crippen LogP contribution in [0.5, 0.6) is 0 Å². The molecule has 1 aliphatic carbocycles. The van der Waals surface area contributed by atoms with E-state index in [2.05, 4.69) is 32.7 Å². The summed E-state index contributed by atoms with van der Waals surface area (Å²) in [5.41, 5.74) is 5.00. The molecule has 0 bridgehead atoms. The third kappa shape index (κ3) is 5.01. The molecule has 3 N–H and O–H groups in total. The number of amides is 1. The van der Waals surface area contributed by atoms with E-state index in [9.17, 15) is 4.79 Å². The Bertz CT molecular complexity index is 1310. The van der Waals surface area contributed by atoms with Crippen LogP contribution in [-0.2, 0) is 0 Å². The van der Waals surface area contributed by atoms with Gasteiger partial charge in [-0.15, -0.1) is 0 Å². The Labute approximate surface area is 199 Å². The summed E-state index contributed by atoms with van der Waals surface area (Å²) in [6.45, 7) is 2.26. The maximum absolute atomic E-state index is 13.1. The predicted octanol–water partition coefficient (Wildman–Crippen LogP) is 6.18. The van der Waals surface area contributed by atoms with E-state index in [-0.39, 0.29) is 11.9 Å². The van der Waals surface area contributed by atoms with Crippen LogP contribution in [0.2, 0.25) is 0 Å². The third-order valence-electron chi connectivity index (χ3n) is 6.41. The summed E-state index contributed by atoms with van der Waals surface area (Å²) in [4.78, 5) is 17.4. The zero-order chi connectivity index (χ0) is 23.3. The van der Waals surface area contributed by atoms with Gasteiger partial charge in [-0.3, -0.25) is 14.9 Å². The Morgan fingerprint density at radius 3 is 2.79 bits per heavy atom. The molecule has 2 aromatic carbocycles. The largest absolute Gasteiger partial charge is 0.355 e. The van der Waals surface area contributed by atoms with E-state index < -0.39 is 0 Å². The summed E-state index contributed by atoms with van der Waals surface area (Å²) in [7, 11) is 0. The second kappa shape index (κ2) is 9.91. The smallest absolute Gasteiger partial charge is 0.253 e. The van der Waals surface area contributed by atoms with Gasteiger partial charge in [0.25, 0.3) is 5.91 Å². The number of hydrogen-bond acceptors (Lipinski definition) is 4. The van der Waals surface area contributed by atoms with Crippen LogP contribution in [-0.4, -0.2) is 27.1 Å². The molecule has 4 aromatic rings. The van der Waals surface area contributed by atoms with Crippen molar-refractivity contribution in [3.63, 3.8) is 0 Å². The zero-order valence-corrected chi connectivity index (χ0v) is 19.3. The first kappa shape index (κ1) is 21.9. The number of benzene rings is 2. The van der Waals surface area contributed by atoms with Crippen LogP contribution in [0.4, 0.5) is 11.4 Å². The van der Waals surface area contributed by atoms with Crippen molar-refractivity contribution in [3.8, 4) is 0 Å². The highest BCUT2D eigenvalue weighted by atomic mass is 16.1. The highest BCUT2D eigenvalue weighted by molar-refractivity contribution is 6.01. The fourth-order valence-electron chi connectivity index (χ4n) is 4.66. The van der Waals surface area contributed by atoms with Crippen molar-refractivity contribution >= 4 is 40.3 Å². The van der Waals surface area contributed by atoms with E-state index in [0.29, 0.717) is 11.5 Å². The lowest BCUT2D eigenvalue weighted by Gasteiger charge is -2.27. The average molecular weight is 452 g/mol. The zero-order valence-electron chi connectivity index (χ0n) is 19.3. The number of carbonyl (C=O) groups is 1. The summed E-state index contributed by atoms with van der Waals surface area (Å²) in [5.74, 6) is 0.643. The first-order valence-corrected chi connectivity index (χ1v) is 11.9. The molecule has 6 nitrogen and oxygen atoms in total. The molecule has 1 saturated carbocycles. The molecular weight excluding hydrogens is 422 g/mol. The van der Waals surface area contributed by atoms with Gasteiger partial charge in [-0.2, -0.15) is 5.10 Å². The summed E-state index contributed by atoms with van der Waals surface area (Å²) < 4.78 is 0. The third-order valence-corrected chi connectivity index (χ3v) is 6.41. The second-order valence-corrected chi connectivity index (χ2v) is 9.07. The van der Waals surface area contributed by atoms with Crippen LogP contribution in [0.1, 0.15) is 54.4 Å². The van der Waals surface area contributed by atoms with Gasteiger partial charge >= 0.3 is 0 Å². The van der Waals surface area contributed by atoms with Crippen molar-refractivity contribution in [1.29, 1.82) is 0 Å². The van der Waals surface area contributed by atoms with E-state index in [1.54, 1.807) is 6.20 Å². The van der Waals surface area contributed by atoms with Crippen molar-refractivity contribution < 1.29 is 4.79 Å². The van der Waals surface area contributed by atoms with Crippen LogP contribution >= 0.6 is 0 Å². The number of H-pyrrole nitrogens is 1. The summed E-state index contributed by atoms with van der Waals surface area (Å²) >= 11 is 0. The molecule has 1 aliphatic rings. The van der Waals surface area contributed by atoms with Gasteiger partial charge in [0.2, 0.25) is 0 Å². The molecule has 0 radical (unpaired) electrons. The highest BCUT2D eigenvalue weighted by Gasteiger charge is 2.22. The summed E-state index contributed by atoms with van der Waals surface area (Å²) in [6, 6.07) is 19.8. The Morgan fingerprint density at radius 2 is 1.94 bits per heavy atom. The number of carbonyl (C=O) groups excluding carboxylic acids is 1. The van der Waals surface area contributed by atoms with E-state index in [4.69, 9.17) is 0 Å². The molecule has 2 unspecified atom stereocenters. The minimum atomic E-state index is -0.0215. The Balaban J connectivity index is 1.32. The Hall–Kier alpha value is -3.93. The lowest BCUT2D eigenvalue weighted by Crippen LogP contribution is -2.38. The van der Waals surface area contributed by atoms with Gasteiger partial charge in [-0.25, -0.2) is 0 Å². The van der Waals surface area contributed by atoms with Crippen molar-refractivity contribution in [2.45, 2.75) is 38.6 Å². The van der Waals surface area contributed by atoms with Crippen LogP contribution < -0.4 is 10.6 Å². The Morgan fingerprint density at radius 1 is 1.06 bits per heavy atom. The molecule has 0 spiro atoms. The molecule has 0 aliphatic heterocycles. The molecule has 1 amide bonds. The van der Waals surface area contributed by atoms with E-state index in [1.807, 2.05) is 72.8 Å². The lowest BCUT2D eigenvalue weighted by atomic mass is 9.87. The number of aromatic nitrogens is 3. The van der Waals surface area contributed by atoms with Gasteiger partial charge in [0.05, 0.1) is 28.2 Å². The van der Waals surface area contributed by atoms with E-state index >= 15 is 0 Å². The molecule has 0 saturated heterocycles. The number of nitrogens with one attached hydrogen (secondary N) is 3. The molecule has 2 heterocycles. The van der Waals surface area contributed by atoms with Gasteiger partial charge in [-0.05, 0) is 73.4 Å². The van der Waals surface area contributed by atoms with Crippen LogP contribution in [0.3, 0.4) is 0 Å². The number of hydrogen-bond donors (Lipinski definition) is 3. The molecule has 5 rings (SSSR count). The monoisotopic (exact) mass is 451 g/mol. The molecule has 34 heavy (non-hydrogen) atoms. The summed E-state index contributed by atoms with van der Waals surface area (Å²) in [5, 5.41) is 15.2. The standard InChI is InChI=1S/C28H29N5O/c1-19-7-6-9-21(17-19)31-28(34)24-10-2-3-11-25(24)30-22-12-14-23-26(32-33-27(23)18-22)15-13-20-8-4-5-16-29-20/h2-5,8,10-16,18-19,21,30H,6-7,9,17H2,1H3,(H,31,34)(H,32,33)/b15-13+. The Kier molecular flexibility index (Phi) is 6.38. The topological polar surface area (TPSA) is 82.7 Å². The van der Waals surface area contributed by atoms with Gasteiger partial charge in [0, 0.05) is 23.3 Å².